The Morgan fingerprint density at radius 2 is 1.89 bits per heavy atom. The molecule has 1 fully saturated rings. The van der Waals surface area contributed by atoms with Gasteiger partial charge in [0.15, 0.2) is 0 Å². The molecule has 0 aliphatic carbocycles. The average Bonchev–Trinajstić information content (AvgIpc) is 3.09. The molecule has 1 aliphatic heterocycles. The summed E-state index contributed by atoms with van der Waals surface area (Å²) in [5, 5.41) is 4.46. The maximum absolute atomic E-state index is 14.4. The molecule has 0 saturated carbocycles. The zero-order valence-electron chi connectivity index (χ0n) is 14.5. The van der Waals surface area contributed by atoms with Gasteiger partial charge in [-0.3, -0.25) is 14.6 Å². The SMILES string of the molecule is FC(F)(CN1CCOCC1)Cn1cc(-c2cnc3ccc(Cl)nc3c2)cn1. The van der Waals surface area contributed by atoms with Crippen molar-refractivity contribution in [3.8, 4) is 11.1 Å². The largest absolute Gasteiger partial charge is 0.379 e. The van der Waals surface area contributed by atoms with Gasteiger partial charge in [-0.2, -0.15) is 5.10 Å². The Bertz CT molecular complexity index is 942. The van der Waals surface area contributed by atoms with E-state index in [1.165, 1.54) is 4.68 Å². The maximum atomic E-state index is 14.4. The van der Waals surface area contributed by atoms with Gasteiger partial charge in [-0.05, 0) is 18.2 Å². The summed E-state index contributed by atoms with van der Waals surface area (Å²) >= 11 is 5.92. The average molecular weight is 394 g/mol. The van der Waals surface area contributed by atoms with Crippen molar-refractivity contribution < 1.29 is 13.5 Å². The zero-order valence-corrected chi connectivity index (χ0v) is 15.2. The number of ether oxygens (including phenoxy) is 1. The van der Waals surface area contributed by atoms with Crippen LogP contribution in [0.3, 0.4) is 0 Å². The second kappa shape index (κ2) is 7.46. The van der Waals surface area contributed by atoms with E-state index in [-0.39, 0.29) is 6.54 Å². The van der Waals surface area contributed by atoms with Gasteiger partial charge in [0.05, 0.1) is 37.0 Å². The van der Waals surface area contributed by atoms with E-state index < -0.39 is 12.5 Å². The Hall–Kier alpha value is -2.16. The highest BCUT2D eigenvalue weighted by Crippen LogP contribution is 2.24. The molecular formula is C18H18ClF2N5O. The highest BCUT2D eigenvalue weighted by molar-refractivity contribution is 6.29. The highest BCUT2D eigenvalue weighted by atomic mass is 35.5. The van der Waals surface area contributed by atoms with Gasteiger partial charge in [-0.15, -0.1) is 0 Å². The van der Waals surface area contributed by atoms with Gasteiger partial charge in [0.1, 0.15) is 11.7 Å². The lowest BCUT2D eigenvalue weighted by molar-refractivity contribution is -0.0689. The van der Waals surface area contributed by atoms with Gasteiger partial charge in [0, 0.05) is 36.6 Å². The monoisotopic (exact) mass is 393 g/mol. The van der Waals surface area contributed by atoms with Crippen LogP contribution in [-0.2, 0) is 11.3 Å². The maximum Gasteiger partial charge on any atom is 0.279 e. The number of halogens is 3. The fraction of sp³-hybridized carbons (Fsp3) is 0.389. The van der Waals surface area contributed by atoms with E-state index in [1.807, 2.05) is 6.07 Å². The smallest absolute Gasteiger partial charge is 0.279 e. The third kappa shape index (κ3) is 4.40. The molecule has 27 heavy (non-hydrogen) atoms. The van der Waals surface area contributed by atoms with Crippen LogP contribution in [0.1, 0.15) is 0 Å². The van der Waals surface area contributed by atoms with Crippen molar-refractivity contribution in [3.63, 3.8) is 0 Å². The van der Waals surface area contributed by atoms with E-state index in [0.29, 0.717) is 48.1 Å². The number of hydrogen-bond donors (Lipinski definition) is 0. The Kier molecular flexibility index (Phi) is 5.03. The summed E-state index contributed by atoms with van der Waals surface area (Å²) in [7, 11) is 0. The Labute approximate surface area is 159 Å². The molecule has 0 spiro atoms. The lowest BCUT2D eigenvalue weighted by Crippen LogP contribution is -2.45. The van der Waals surface area contributed by atoms with E-state index >= 15 is 0 Å². The number of fused-ring (bicyclic) bond motifs is 1. The molecule has 0 bridgehead atoms. The first-order chi connectivity index (χ1) is 13.0. The van der Waals surface area contributed by atoms with E-state index in [4.69, 9.17) is 16.3 Å². The summed E-state index contributed by atoms with van der Waals surface area (Å²) in [6.07, 6.45) is 4.82. The lowest BCUT2D eigenvalue weighted by atomic mass is 10.1. The quantitative estimate of drug-likeness (QED) is 0.623. The van der Waals surface area contributed by atoms with Crippen LogP contribution in [-0.4, -0.2) is 63.4 Å². The van der Waals surface area contributed by atoms with Crippen molar-refractivity contribution in [1.29, 1.82) is 0 Å². The number of alkyl halides is 2. The van der Waals surface area contributed by atoms with Gasteiger partial charge in [0.2, 0.25) is 0 Å². The summed E-state index contributed by atoms with van der Waals surface area (Å²) in [5.41, 5.74) is 2.81. The van der Waals surface area contributed by atoms with Crippen molar-refractivity contribution in [1.82, 2.24) is 24.6 Å². The van der Waals surface area contributed by atoms with Gasteiger partial charge in [-0.1, -0.05) is 11.6 Å². The topological polar surface area (TPSA) is 56.1 Å². The highest BCUT2D eigenvalue weighted by Gasteiger charge is 2.33. The molecule has 0 amide bonds. The van der Waals surface area contributed by atoms with Gasteiger partial charge >= 0.3 is 0 Å². The van der Waals surface area contributed by atoms with Crippen molar-refractivity contribution in [2.24, 2.45) is 0 Å². The minimum absolute atomic E-state index is 0.300. The second-order valence-electron chi connectivity index (χ2n) is 6.57. The predicted molar refractivity (Wildman–Crippen MR) is 98.0 cm³/mol. The molecule has 0 aromatic carbocycles. The number of aromatic nitrogens is 4. The van der Waals surface area contributed by atoms with Crippen LogP contribution in [0.15, 0.2) is 36.8 Å². The molecule has 142 valence electrons. The standard InChI is InChI=1S/C18H18ClF2N5O/c19-17-2-1-15-16(24-17)7-13(8-22-15)14-9-23-26(10-14)12-18(20,21)11-25-3-5-27-6-4-25/h1-2,7-10H,3-6,11-12H2. The fourth-order valence-corrected chi connectivity index (χ4v) is 3.27. The molecule has 6 nitrogen and oxygen atoms in total. The number of rotatable bonds is 5. The Morgan fingerprint density at radius 3 is 2.70 bits per heavy atom. The molecule has 0 N–H and O–H groups in total. The van der Waals surface area contributed by atoms with Crippen LogP contribution >= 0.6 is 11.6 Å². The number of hydrogen-bond acceptors (Lipinski definition) is 5. The van der Waals surface area contributed by atoms with Crippen molar-refractivity contribution >= 4 is 22.6 Å². The molecule has 3 aromatic heterocycles. The number of nitrogens with zero attached hydrogens (tertiary/aromatic N) is 5. The Morgan fingerprint density at radius 1 is 1.07 bits per heavy atom. The van der Waals surface area contributed by atoms with Crippen molar-refractivity contribution in [2.75, 3.05) is 32.8 Å². The minimum Gasteiger partial charge on any atom is -0.379 e. The van der Waals surface area contributed by atoms with E-state index in [0.717, 1.165) is 5.56 Å². The van der Waals surface area contributed by atoms with Crippen LogP contribution in [0.25, 0.3) is 22.2 Å². The summed E-state index contributed by atoms with van der Waals surface area (Å²) in [6, 6.07) is 5.27. The van der Waals surface area contributed by atoms with Gasteiger partial charge in [-0.25, -0.2) is 13.8 Å². The van der Waals surface area contributed by atoms with E-state index in [1.54, 1.807) is 35.6 Å². The van der Waals surface area contributed by atoms with Gasteiger partial charge < -0.3 is 4.74 Å². The zero-order chi connectivity index (χ0) is 18.9. The van der Waals surface area contributed by atoms with Crippen LogP contribution in [0.5, 0.6) is 0 Å². The lowest BCUT2D eigenvalue weighted by Gasteiger charge is -2.30. The van der Waals surface area contributed by atoms with Crippen LogP contribution < -0.4 is 0 Å². The molecule has 0 atom stereocenters. The third-order valence-electron chi connectivity index (χ3n) is 4.42. The molecule has 1 aliphatic rings. The molecule has 3 aromatic rings. The minimum atomic E-state index is -2.88. The van der Waals surface area contributed by atoms with E-state index in [2.05, 4.69) is 15.1 Å². The van der Waals surface area contributed by atoms with Crippen LogP contribution in [0.4, 0.5) is 8.78 Å². The molecule has 4 rings (SSSR count). The first-order valence-electron chi connectivity index (χ1n) is 8.62. The van der Waals surface area contributed by atoms with Crippen LogP contribution in [0, 0.1) is 0 Å². The second-order valence-corrected chi connectivity index (χ2v) is 6.95. The van der Waals surface area contributed by atoms with Crippen molar-refractivity contribution in [2.45, 2.75) is 12.5 Å². The van der Waals surface area contributed by atoms with Gasteiger partial charge in [0.25, 0.3) is 5.92 Å². The molecule has 0 unspecified atom stereocenters. The first-order valence-corrected chi connectivity index (χ1v) is 8.99. The van der Waals surface area contributed by atoms with Crippen LogP contribution in [0.2, 0.25) is 5.15 Å². The number of pyridine rings is 2. The van der Waals surface area contributed by atoms with E-state index in [9.17, 15) is 8.78 Å². The molecule has 4 heterocycles. The molecule has 0 radical (unpaired) electrons. The number of morpholine rings is 1. The Balaban J connectivity index is 1.49. The summed E-state index contributed by atoms with van der Waals surface area (Å²) in [5.74, 6) is -2.88. The third-order valence-corrected chi connectivity index (χ3v) is 4.63. The predicted octanol–water partition coefficient (Wildman–Crippen LogP) is 3.11. The molecular weight excluding hydrogens is 376 g/mol. The fourth-order valence-electron chi connectivity index (χ4n) is 3.11. The molecule has 9 heteroatoms. The summed E-state index contributed by atoms with van der Waals surface area (Å²) < 4.78 is 35.2. The first kappa shape index (κ1) is 18.2. The normalized spacial score (nSPS) is 16.1. The molecule has 1 saturated heterocycles. The summed E-state index contributed by atoms with van der Waals surface area (Å²) in [6.45, 7) is 1.27. The summed E-state index contributed by atoms with van der Waals surface area (Å²) in [4.78, 5) is 10.3. The van der Waals surface area contributed by atoms with Crippen molar-refractivity contribution in [3.05, 3.63) is 41.9 Å².